The maximum atomic E-state index is 10.2. The van der Waals surface area contributed by atoms with Crippen molar-refractivity contribution in [3.8, 4) is 0 Å². The van der Waals surface area contributed by atoms with Gasteiger partial charge in [0.25, 0.3) is 0 Å². The SMILES string of the molecule is CC(=CC(=O)O)CCN(C)C. The lowest BCUT2D eigenvalue weighted by molar-refractivity contribution is -0.131. The number of carboxylic acids is 1. The van der Waals surface area contributed by atoms with Gasteiger partial charge in [0, 0.05) is 12.6 Å². The summed E-state index contributed by atoms with van der Waals surface area (Å²) in [6.45, 7) is 2.73. The summed E-state index contributed by atoms with van der Waals surface area (Å²) in [7, 11) is 3.93. The Kier molecular flexibility index (Phi) is 4.54. The molecule has 0 aromatic rings. The number of aliphatic carboxylic acids is 1. The molecule has 11 heavy (non-hydrogen) atoms. The van der Waals surface area contributed by atoms with Crippen LogP contribution in [0.3, 0.4) is 0 Å². The predicted molar refractivity (Wildman–Crippen MR) is 44.6 cm³/mol. The minimum absolute atomic E-state index is 0.819. The number of hydrogen-bond acceptors (Lipinski definition) is 2. The molecule has 1 N–H and O–H groups in total. The standard InChI is InChI=1S/C8H15NO2/c1-7(6-8(10)11)4-5-9(2)3/h6H,4-5H2,1-3H3,(H,10,11). The van der Waals surface area contributed by atoms with Crippen LogP contribution in [0.25, 0.3) is 0 Å². The molecule has 0 aliphatic rings. The van der Waals surface area contributed by atoms with E-state index >= 15 is 0 Å². The van der Waals surface area contributed by atoms with E-state index in [0.29, 0.717) is 0 Å². The Balaban J connectivity index is 3.68. The highest BCUT2D eigenvalue weighted by molar-refractivity contribution is 5.80. The fourth-order valence-corrected chi connectivity index (χ4v) is 0.683. The first-order valence-corrected chi connectivity index (χ1v) is 3.57. The molecule has 0 aliphatic heterocycles. The summed E-state index contributed by atoms with van der Waals surface area (Å²) in [6.07, 6.45) is 2.07. The second-order valence-corrected chi connectivity index (χ2v) is 2.88. The number of nitrogens with zero attached hydrogens (tertiary/aromatic N) is 1. The number of rotatable bonds is 4. The van der Waals surface area contributed by atoms with E-state index in [1.165, 1.54) is 6.08 Å². The van der Waals surface area contributed by atoms with Gasteiger partial charge in [0.2, 0.25) is 0 Å². The van der Waals surface area contributed by atoms with Gasteiger partial charge in [0.1, 0.15) is 0 Å². The van der Waals surface area contributed by atoms with Crippen LogP contribution < -0.4 is 0 Å². The van der Waals surface area contributed by atoms with Crippen molar-refractivity contribution in [1.82, 2.24) is 4.90 Å². The first kappa shape index (κ1) is 10.2. The van der Waals surface area contributed by atoms with Crippen LogP contribution in [0.4, 0.5) is 0 Å². The van der Waals surface area contributed by atoms with Gasteiger partial charge in [-0.25, -0.2) is 4.79 Å². The molecule has 0 heterocycles. The molecule has 0 aromatic carbocycles. The van der Waals surface area contributed by atoms with Crippen LogP contribution in [-0.2, 0) is 4.79 Å². The molecule has 0 fully saturated rings. The fourth-order valence-electron chi connectivity index (χ4n) is 0.683. The van der Waals surface area contributed by atoms with Gasteiger partial charge in [-0.15, -0.1) is 0 Å². The molecule has 0 rings (SSSR count). The summed E-state index contributed by atoms with van der Waals surface area (Å²) in [6, 6.07) is 0. The minimum atomic E-state index is -0.860. The molecule has 0 aromatic heterocycles. The highest BCUT2D eigenvalue weighted by Crippen LogP contribution is 1.99. The van der Waals surface area contributed by atoms with Crippen molar-refractivity contribution < 1.29 is 9.90 Å². The third-order valence-electron chi connectivity index (χ3n) is 1.32. The van der Waals surface area contributed by atoms with Crippen molar-refractivity contribution in [1.29, 1.82) is 0 Å². The van der Waals surface area contributed by atoms with E-state index in [1.54, 1.807) is 0 Å². The molecule has 0 radical (unpaired) electrons. The molecule has 0 saturated heterocycles. The molecule has 3 nitrogen and oxygen atoms in total. The van der Waals surface area contributed by atoms with Crippen molar-refractivity contribution in [2.45, 2.75) is 13.3 Å². The smallest absolute Gasteiger partial charge is 0.328 e. The van der Waals surface area contributed by atoms with Crippen LogP contribution in [-0.4, -0.2) is 36.6 Å². The van der Waals surface area contributed by atoms with Crippen LogP contribution in [0, 0.1) is 0 Å². The Morgan fingerprint density at radius 3 is 2.45 bits per heavy atom. The molecule has 0 atom stereocenters. The predicted octanol–water partition coefficient (Wildman–Crippen LogP) is 0.969. The van der Waals surface area contributed by atoms with Gasteiger partial charge in [0.15, 0.2) is 0 Å². The molecular weight excluding hydrogens is 142 g/mol. The second-order valence-electron chi connectivity index (χ2n) is 2.88. The van der Waals surface area contributed by atoms with Gasteiger partial charge in [0.05, 0.1) is 0 Å². The normalized spacial score (nSPS) is 12.2. The average molecular weight is 157 g/mol. The van der Waals surface area contributed by atoms with E-state index in [1.807, 2.05) is 25.9 Å². The monoisotopic (exact) mass is 157 g/mol. The molecule has 0 saturated carbocycles. The topological polar surface area (TPSA) is 40.5 Å². The van der Waals surface area contributed by atoms with Gasteiger partial charge < -0.3 is 10.0 Å². The van der Waals surface area contributed by atoms with Crippen molar-refractivity contribution in [3.05, 3.63) is 11.6 Å². The number of carboxylic acid groups (broad SMARTS) is 1. The Bertz CT molecular complexity index is 161. The summed E-state index contributed by atoms with van der Waals surface area (Å²) in [5.74, 6) is -0.860. The summed E-state index contributed by atoms with van der Waals surface area (Å²) < 4.78 is 0. The average Bonchev–Trinajstić information content (AvgIpc) is 1.82. The maximum absolute atomic E-state index is 10.2. The van der Waals surface area contributed by atoms with Crippen molar-refractivity contribution in [2.75, 3.05) is 20.6 Å². The lowest BCUT2D eigenvalue weighted by atomic mass is 10.2. The zero-order valence-corrected chi connectivity index (χ0v) is 7.29. The van der Waals surface area contributed by atoms with Crippen molar-refractivity contribution in [3.63, 3.8) is 0 Å². The first-order chi connectivity index (χ1) is 5.02. The van der Waals surface area contributed by atoms with Crippen LogP contribution in [0.2, 0.25) is 0 Å². The quantitative estimate of drug-likeness (QED) is 0.618. The Morgan fingerprint density at radius 2 is 2.09 bits per heavy atom. The third-order valence-corrected chi connectivity index (χ3v) is 1.32. The van der Waals surface area contributed by atoms with Crippen LogP contribution in [0.5, 0.6) is 0 Å². The molecule has 0 amide bonds. The molecule has 64 valence electrons. The Morgan fingerprint density at radius 1 is 1.55 bits per heavy atom. The van der Waals surface area contributed by atoms with Gasteiger partial charge in [-0.1, -0.05) is 5.57 Å². The third kappa shape index (κ3) is 7.06. The summed E-state index contributed by atoms with van der Waals surface area (Å²) in [4.78, 5) is 12.2. The van der Waals surface area contributed by atoms with Gasteiger partial charge >= 0.3 is 5.97 Å². The largest absolute Gasteiger partial charge is 0.478 e. The molecule has 0 spiro atoms. The zero-order valence-electron chi connectivity index (χ0n) is 7.29. The lowest BCUT2D eigenvalue weighted by Crippen LogP contribution is -2.13. The van der Waals surface area contributed by atoms with Crippen molar-refractivity contribution >= 4 is 5.97 Å². The summed E-state index contributed by atoms with van der Waals surface area (Å²) in [5.41, 5.74) is 0.909. The Labute approximate surface area is 67.3 Å². The zero-order chi connectivity index (χ0) is 8.85. The molecule has 0 unspecified atom stereocenters. The van der Waals surface area contributed by atoms with Crippen molar-refractivity contribution in [2.24, 2.45) is 0 Å². The molecule has 0 bridgehead atoms. The minimum Gasteiger partial charge on any atom is -0.478 e. The highest BCUT2D eigenvalue weighted by Gasteiger charge is 1.95. The number of hydrogen-bond donors (Lipinski definition) is 1. The van der Waals surface area contributed by atoms with E-state index in [9.17, 15) is 4.79 Å². The van der Waals surface area contributed by atoms with E-state index in [4.69, 9.17) is 5.11 Å². The molecular formula is C8H15NO2. The van der Waals surface area contributed by atoms with E-state index < -0.39 is 5.97 Å². The van der Waals surface area contributed by atoms with Crippen LogP contribution >= 0.6 is 0 Å². The molecule has 0 aliphatic carbocycles. The Hall–Kier alpha value is -0.830. The van der Waals surface area contributed by atoms with Crippen LogP contribution in [0.1, 0.15) is 13.3 Å². The lowest BCUT2D eigenvalue weighted by Gasteiger charge is -2.08. The maximum Gasteiger partial charge on any atom is 0.328 e. The first-order valence-electron chi connectivity index (χ1n) is 3.57. The van der Waals surface area contributed by atoms with Gasteiger partial charge in [-0.05, 0) is 27.4 Å². The van der Waals surface area contributed by atoms with Gasteiger partial charge in [-0.2, -0.15) is 0 Å². The highest BCUT2D eigenvalue weighted by atomic mass is 16.4. The van der Waals surface area contributed by atoms with Gasteiger partial charge in [-0.3, -0.25) is 0 Å². The van der Waals surface area contributed by atoms with E-state index in [0.717, 1.165) is 18.5 Å². The summed E-state index contributed by atoms with van der Waals surface area (Å²) >= 11 is 0. The van der Waals surface area contributed by atoms with Crippen LogP contribution in [0.15, 0.2) is 11.6 Å². The molecule has 3 heteroatoms. The summed E-state index contributed by atoms with van der Waals surface area (Å²) in [5, 5.41) is 8.36. The number of carbonyl (C=O) groups is 1. The van der Waals surface area contributed by atoms with E-state index in [-0.39, 0.29) is 0 Å². The second kappa shape index (κ2) is 4.91. The fraction of sp³-hybridized carbons (Fsp3) is 0.625. The van der Waals surface area contributed by atoms with E-state index in [2.05, 4.69) is 0 Å².